The lowest BCUT2D eigenvalue weighted by Crippen LogP contribution is -2.38. The normalized spacial score (nSPS) is 23.7. The van der Waals surface area contributed by atoms with Crippen molar-refractivity contribution in [3.8, 4) is 0 Å². The van der Waals surface area contributed by atoms with Crippen LogP contribution in [0, 0.1) is 5.92 Å². The highest BCUT2D eigenvalue weighted by Crippen LogP contribution is 2.21. The molecule has 0 aromatic rings. The van der Waals surface area contributed by atoms with Gasteiger partial charge in [-0.25, -0.2) is 0 Å². The van der Waals surface area contributed by atoms with Gasteiger partial charge in [-0.15, -0.1) is 6.58 Å². The van der Waals surface area contributed by atoms with Crippen molar-refractivity contribution in [1.29, 1.82) is 0 Å². The summed E-state index contributed by atoms with van der Waals surface area (Å²) in [6.45, 7) is 5.94. The van der Waals surface area contributed by atoms with E-state index in [1.165, 1.54) is 0 Å². The Hall–Kier alpha value is -1.36. The van der Waals surface area contributed by atoms with E-state index < -0.39 is 0 Å². The molecule has 1 atom stereocenters. The molecule has 5 nitrogen and oxygen atoms in total. The molecule has 100 valence electrons. The number of hydrogen-bond acceptors (Lipinski definition) is 3. The van der Waals surface area contributed by atoms with E-state index in [9.17, 15) is 9.59 Å². The van der Waals surface area contributed by atoms with Gasteiger partial charge < -0.3 is 10.6 Å². The van der Waals surface area contributed by atoms with Crippen LogP contribution in [0.15, 0.2) is 12.7 Å². The molecule has 2 fully saturated rings. The second-order valence-corrected chi connectivity index (χ2v) is 5.10. The van der Waals surface area contributed by atoms with E-state index in [0.29, 0.717) is 25.7 Å². The summed E-state index contributed by atoms with van der Waals surface area (Å²) in [7, 11) is 0. The molecule has 1 heterocycles. The molecule has 0 bridgehead atoms. The van der Waals surface area contributed by atoms with Crippen molar-refractivity contribution in [2.45, 2.75) is 25.3 Å². The molecule has 0 aromatic carbocycles. The Kier molecular flexibility index (Phi) is 4.36. The Bertz CT molecular complexity index is 339. The van der Waals surface area contributed by atoms with Gasteiger partial charge in [-0.3, -0.25) is 14.5 Å². The lowest BCUT2D eigenvalue weighted by molar-refractivity contribution is -0.125. The Morgan fingerprint density at radius 3 is 2.78 bits per heavy atom. The molecule has 1 saturated carbocycles. The van der Waals surface area contributed by atoms with Gasteiger partial charge in [-0.05, 0) is 25.8 Å². The van der Waals surface area contributed by atoms with Crippen molar-refractivity contribution >= 4 is 11.8 Å². The summed E-state index contributed by atoms with van der Waals surface area (Å²) in [5.74, 6) is 0.211. The van der Waals surface area contributed by atoms with Crippen LogP contribution >= 0.6 is 0 Å². The fraction of sp³-hybridized carbons (Fsp3) is 0.692. The number of nitrogens with one attached hydrogen (secondary N) is 2. The largest absolute Gasteiger partial charge is 0.353 e. The summed E-state index contributed by atoms with van der Waals surface area (Å²) >= 11 is 0. The number of likely N-dealkylation sites (tertiary alicyclic amines) is 1. The van der Waals surface area contributed by atoms with Crippen LogP contribution in [0.2, 0.25) is 0 Å². The van der Waals surface area contributed by atoms with Crippen molar-refractivity contribution in [3.05, 3.63) is 12.7 Å². The highest BCUT2D eigenvalue weighted by Gasteiger charge is 2.32. The molecule has 2 aliphatic rings. The minimum atomic E-state index is -0.00171. The van der Waals surface area contributed by atoms with Crippen LogP contribution in [0.1, 0.15) is 19.3 Å². The minimum absolute atomic E-state index is 0.00171. The summed E-state index contributed by atoms with van der Waals surface area (Å²) in [6.07, 6.45) is 4.75. The standard InChI is InChI=1S/C13H21N3O2/c1-2-6-14-12(17)9-16-7-5-10(8-16)13(18)15-11-3-4-11/h2,10-11H,1,3-9H2,(H,14,17)(H,15,18). The lowest BCUT2D eigenvalue weighted by atomic mass is 10.1. The number of nitrogens with zero attached hydrogens (tertiary/aromatic N) is 1. The second-order valence-electron chi connectivity index (χ2n) is 5.10. The summed E-state index contributed by atoms with van der Waals surface area (Å²) in [5, 5.41) is 5.77. The Morgan fingerprint density at radius 2 is 2.11 bits per heavy atom. The fourth-order valence-electron chi connectivity index (χ4n) is 2.18. The van der Waals surface area contributed by atoms with Crippen LogP contribution in [-0.4, -0.2) is 48.9 Å². The number of carbonyl (C=O) groups is 2. The van der Waals surface area contributed by atoms with Crippen molar-refractivity contribution in [2.24, 2.45) is 5.92 Å². The maximum Gasteiger partial charge on any atom is 0.234 e. The topological polar surface area (TPSA) is 61.4 Å². The summed E-state index contributed by atoms with van der Waals surface area (Å²) in [4.78, 5) is 25.4. The van der Waals surface area contributed by atoms with Crippen molar-refractivity contribution in [3.63, 3.8) is 0 Å². The summed E-state index contributed by atoms with van der Waals surface area (Å²) in [6, 6.07) is 0.419. The Morgan fingerprint density at radius 1 is 1.33 bits per heavy atom. The van der Waals surface area contributed by atoms with Crippen molar-refractivity contribution in [2.75, 3.05) is 26.2 Å². The van der Waals surface area contributed by atoms with Crippen LogP contribution in [-0.2, 0) is 9.59 Å². The Balaban J connectivity index is 1.68. The van der Waals surface area contributed by atoms with Crippen LogP contribution in [0.5, 0.6) is 0 Å². The lowest BCUT2D eigenvalue weighted by Gasteiger charge is -2.15. The molecule has 1 unspecified atom stereocenters. The van der Waals surface area contributed by atoms with E-state index in [2.05, 4.69) is 17.2 Å². The molecule has 2 amide bonds. The zero-order valence-corrected chi connectivity index (χ0v) is 10.7. The van der Waals surface area contributed by atoms with Crippen LogP contribution < -0.4 is 10.6 Å². The predicted molar refractivity (Wildman–Crippen MR) is 68.9 cm³/mol. The molecular weight excluding hydrogens is 230 g/mol. The number of amides is 2. The van der Waals surface area contributed by atoms with E-state index >= 15 is 0 Å². The molecule has 1 aliphatic heterocycles. The van der Waals surface area contributed by atoms with Crippen LogP contribution in [0.4, 0.5) is 0 Å². The third-order valence-corrected chi connectivity index (χ3v) is 3.38. The van der Waals surface area contributed by atoms with Gasteiger partial charge in [-0.1, -0.05) is 6.08 Å². The van der Waals surface area contributed by atoms with E-state index in [1.54, 1.807) is 6.08 Å². The summed E-state index contributed by atoms with van der Waals surface area (Å²) in [5.41, 5.74) is 0. The van der Waals surface area contributed by atoms with Gasteiger partial charge in [0.1, 0.15) is 0 Å². The van der Waals surface area contributed by atoms with Gasteiger partial charge in [0.25, 0.3) is 0 Å². The van der Waals surface area contributed by atoms with Gasteiger partial charge in [-0.2, -0.15) is 0 Å². The highest BCUT2D eigenvalue weighted by atomic mass is 16.2. The zero-order chi connectivity index (χ0) is 13.0. The maximum absolute atomic E-state index is 11.8. The molecule has 0 spiro atoms. The van der Waals surface area contributed by atoms with E-state index in [4.69, 9.17) is 0 Å². The number of hydrogen-bond donors (Lipinski definition) is 2. The molecule has 5 heteroatoms. The predicted octanol–water partition coefficient (Wildman–Crippen LogP) is -0.111. The fourth-order valence-corrected chi connectivity index (χ4v) is 2.18. The third kappa shape index (κ3) is 3.84. The maximum atomic E-state index is 11.8. The molecule has 1 aliphatic carbocycles. The molecule has 2 N–H and O–H groups in total. The van der Waals surface area contributed by atoms with E-state index in [-0.39, 0.29) is 17.7 Å². The molecule has 0 aromatic heterocycles. The zero-order valence-electron chi connectivity index (χ0n) is 10.7. The first kappa shape index (κ1) is 13.1. The van der Waals surface area contributed by atoms with E-state index in [1.807, 2.05) is 4.90 Å². The SMILES string of the molecule is C=CCNC(=O)CN1CCC(C(=O)NC2CC2)C1. The first-order valence-electron chi connectivity index (χ1n) is 6.59. The average Bonchev–Trinajstić information content (AvgIpc) is 3.03. The molecule has 18 heavy (non-hydrogen) atoms. The average molecular weight is 251 g/mol. The molecule has 2 rings (SSSR count). The second kappa shape index (κ2) is 6.00. The third-order valence-electron chi connectivity index (χ3n) is 3.38. The molecule has 0 radical (unpaired) electrons. The minimum Gasteiger partial charge on any atom is -0.353 e. The quantitative estimate of drug-likeness (QED) is 0.648. The van der Waals surface area contributed by atoms with Gasteiger partial charge in [0.15, 0.2) is 0 Å². The molecule has 1 saturated heterocycles. The highest BCUT2D eigenvalue weighted by molar-refractivity contribution is 5.80. The van der Waals surface area contributed by atoms with Gasteiger partial charge in [0.05, 0.1) is 12.5 Å². The Labute approximate surface area is 108 Å². The monoisotopic (exact) mass is 251 g/mol. The van der Waals surface area contributed by atoms with Crippen molar-refractivity contribution in [1.82, 2.24) is 15.5 Å². The first-order valence-corrected chi connectivity index (χ1v) is 6.59. The number of rotatable bonds is 6. The van der Waals surface area contributed by atoms with Gasteiger partial charge in [0, 0.05) is 19.1 Å². The van der Waals surface area contributed by atoms with Crippen molar-refractivity contribution < 1.29 is 9.59 Å². The van der Waals surface area contributed by atoms with Gasteiger partial charge in [0.2, 0.25) is 11.8 Å². The first-order chi connectivity index (χ1) is 8.69. The van der Waals surface area contributed by atoms with Crippen LogP contribution in [0.25, 0.3) is 0 Å². The van der Waals surface area contributed by atoms with Crippen LogP contribution in [0.3, 0.4) is 0 Å². The number of carbonyl (C=O) groups excluding carboxylic acids is 2. The summed E-state index contributed by atoms with van der Waals surface area (Å²) < 4.78 is 0. The molecular formula is C13H21N3O2. The van der Waals surface area contributed by atoms with Gasteiger partial charge >= 0.3 is 0 Å². The smallest absolute Gasteiger partial charge is 0.234 e. The van der Waals surface area contributed by atoms with E-state index in [0.717, 1.165) is 25.8 Å².